The minimum atomic E-state index is -0.955. The second kappa shape index (κ2) is 8.14. The lowest BCUT2D eigenvalue weighted by Gasteiger charge is -2.46. The number of rotatable bonds is 5. The number of hydrogen-bond donors (Lipinski definition) is 1. The lowest BCUT2D eigenvalue weighted by Crippen LogP contribution is -2.51. The van der Waals surface area contributed by atoms with Crippen LogP contribution in [-0.2, 0) is 5.60 Å². The zero-order valence-electron chi connectivity index (χ0n) is 19.4. The predicted molar refractivity (Wildman–Crippen MR) is 125 cm³/mol. The number of benzene rings is 1. The van der Waals surface area contributed by atoms with Crippen LogP contribution in [0.3, 0.4) is 0 Å². The van der Waals surface area contributed by atoms with Crippen molar-refractivity contribution >= 4 is 0 Å². The van der Waals surface area contributed by atoms with Crippen molar-refractivity contribution in [1.29, 1.82) is 0 Å². The SMILES string of the molecule is Cc1cccc(C)c1-n1nnnc1[C@H](c1cccnc1)N1[C@@H]2CC[C@@H]1CC(O)(c1ccco1)C2. The van der Waals surface area contributed by atoms with Crippen LogP contribution in [-0.4, -0.2) is 47.3 Å². The van der Waals surface area contributed by atoms with Crippen LogP contribution in [0.25, 0.3) is 5.69 Å². The van der Waals surface area contributed by atoms with Gasteiger partial charge in [-0.05, 0) is 84.8 Å². The van der Waals surface area contributed by atoms with E-state index >= 15 is 0 Å². The molecule has 2 bridgehead atoms. The van der Waals surface area contributed by atoms with E-state index in [2.05, 4.69) is 63.5 Å². The van der Waals surface area contributed by atoms with E-state index in [0.717, 1.165) is 41.0 Å². The van der Waals surface area contributed by atoms with E-state index in [1.165, 1.54) is 0 Å². The Bertz CT molecular complexity index is 1250. The van der Waals surface area contributed by atoms with Crippen molar-refractivity contribution in [2.45, 2.75) is 63.3 Å². The summed E-state index contributed by atoms with van der Waals surface area (Å²) in [5, 5.41) is 24.6. The zero-order chi connectivity index (χ0) is 23.3. The topological polar surface area (TPSA) is 93.1 Å². The normalized spacial score (nSPS) is 25.5. The van der Waals surface area contributed by atoms with E-state index in [-0.39, 0.29) is 18.1 Å². The molecule has 5 heterocycles. The first-order valence-electron chi connectivity index (χ1n) is 11.8. The maximum atomic E-state index is 11.5. The zero-order valence-corrected chi connectivity index (χ0v) is 19.4. The molecule has 2 fully saturated rings. The Morgan fingerprint density at radius 2 is 1.79 bits per heavy atom. The standard InChI is InChI=1S/C26H28N6O2/c1-17-6-3-7-18(2)23(17)32-25(28-29-30-32)24(19-8-4-12-27-16-19)31-20-10-11-21(31)15-26(33,14-20)22-9-5-13-34-22/h3-9,12-13,16,20-21,24,33H,10-11,14-15H2,1-2H3/t20-,21-,24+/m1/s1. The second-order valence-electron chi connectivity index (χ2n) is 9.63. The van der Waals surface area contributed by atoms with Crippen molar-refractivity contribution in [1.82, 2.24) is 30.1 Å². The molecule has 1 aromatic carbocycles. The van der Waals surface area contributed by atoms with Crippen LogP contribution >= 0.6 is 0 Å². The Labute approximate surface area is 198 Å². The highest BCUT2D eigenvalue weighted by Gasteiger charge is 2.52. The highest BCUT2D eigenvalue weighted by molar-refractivity contribution is 5.47. The number of aliphatic hydroxyl groups is 1. The average molecular weight is 457 g/mol. The van der Waals surface area contributed by atoms with Crippen LogP contribution in [0, 0.1) is 13.8 Å². The Balaban J connectivity index is 1.45. The summed E-state index contributed by atoms with van der Waals surface area (Å²) in [5.41, 5.74) is 3.33. The van der Waals surface area contributed by atoms with Gasteiger partial charge in [0.2, 0.25) is 0 Å². The second-order valence-corrected chi connectivity index (χ2v) is 9.63. The predicted octanol–water partition coefficient (Wildman–Crippen LogP) is 3.87. The van der Waals surface area contributed by atoms with Crippen molar-refractivity contribution in [2.24, 2.45) is 0 Å². The number of para-hydroxylation sites is 1. The first-order chi connectivity index (χ1) is 16.5. The van der Waals surface area contributed by atoms with Gasteiger partial charge in [-0.15, -0.1) is 5.10 Å². The molecule has 1 N–H and O–H groups in total. The fourth-order valence-corrected chi connectivity index (χ4v) is 6.08. The summed E-state index contributed by atoms with van der Waals surface area (Å²) in [6.07, 6.45) is 8.57. The number of aromatic nitrogens is 5. The van der Waals surface area contributed by atoms with Crippen LogP contribution < -0.4 is 0 Å². The molecule has 3 atom stereocenters. The van der Waals surface area contributed by atoms with E-state index in [4.69, 9.17) is 4.42 Å². The number of nitrogens with zero attached hydrogens (tertiary/aromatic N) is 6. The summed E-state index contributed by atoms with van der Waals surface area (Å²) in [7, 11) is 0. The van der Waals surface area contributed by atoms with E-state index in [9.17, 15) is 5.11 Å². The molecule has 0 spiro atoms. The minimum absolute atomic E-state index is 0.169. The monoisotopic (exact) mass is 456 g/mol. The maximum absolute atomic E-state index is 11.5. The number of hydrogen-bond acceptors (Lipinski definition) is 7. The third-order valence-corrected chi connectivity index (χ3v) is 7.49. The van der Waals surface area contributed by atoms with Crippen molar-refractivity contribution in [3.05, 3.63) is 89.4 Å². The van der Waals surface area contributed by atoms with Crippen LogP contribution in [0.5, 0.6) is 0 Å². The molecule has 34 heavy (non-hydrogen) atoms. The molecule has 0 aliphatic carbocycles. The van der Waals surface area contributed by atoms with Gasteiger partial charge in [-0.1, -0.05) is 24.3 Å². The van der Waals surface area contributed by atoms with Gasteiger partial charge in [-0.25, -0.2) is 0 Å². The Hall–Kier alpha value is -3.36. The lowest BCUT2D eigenvalue weighted by atomic mass is 9.82. The largest absolute Gasteiger partial charge is 0.466 e. The molecule has 6 rings (SSSR count). The molecule has 3 aromatic heterocycles. The van der Waals surface area contributed by atoms with Gasteiger partial charge in [0.05, 0.1) is 18.0 Å². The molecule has 8 heteroatoms. The summed E-state index contributed by atoms with van der Waals surface area (Å²) >= 11 is 0. The van der Waals surface area contributed by atoms with Gasteiger partial charge in [0.1, 0.15) is 11.4 Å². The van der Waals surface area contributed by atoms with Crippen molar-refractivity contribution < 1.29 is 9.52 Å². The highest BCUT2D eigenvalue weighted by atomic mass is 16.4. The molecule has 174 valence electrons. The molecule has 0 radical (unpaired) electrons. The number of aryl methyl sites for hydroxylation is 2. The smallest absolute Gasteiger partial charge is 0.178 e. The van der Waals surface area contributed by atoms with Gasteiger partial charge < -0.3 is 9.52 Å². The van der Waals surface area contributed by atoms with Crippen LogP contribution in [0.15, 0.2) is 65.5 Å². The van der Waals surface area contributed by atoms with Gasteiger partial charge >= 0.3 is 0 Å². The van der Waals surface area contributed by atoms with Gasteiger partial charge in [0.25, 0.3) is 0 Å². The van der Waals surface area contributed by atoms with Crippen LogP contribution in [0.2, 0.25) is 0 Å². The van der Waals surface area contributed by atoms with Gasteiger partial charge in [-0.2, -0.15) is 4.68 Å². The summed E-state index contributed by atoms with van der Waals surface area (Å²) < 4.78 is 7.53. The van der Waals surface area contributed by atoms with Crippen LogP contribution in [0.1, 0.15) is 60.0 Å². The van der Waals surface area contributed by atoms with Gasteiger partial charge in [0, 0.05) is 24.5 Å². The molecule has 2 saturated heterocycles. The molecular weight excluding hydrogens is 428 g/mol. The van der Waals surface area contributed by atoms with Crippen molar-refractivity contribution in [3.63, 3.8) is 0 Å². The quantitative estimate of drug-likeness (QED) is 0.487. The molecule has 0 saturated carbocycles. The Morgan fingerprint density at radius 1 is 1.03 bits per heavy atom. The first-order valence-corrected chi connectivity index (χ1v) is 11.8. The van der Waals surface area contributed by atoms with E-state index in [1.807, 2.05) is 29.1 Å². The molecule has 0 unspecified atom stereocenters. The summed E-state index contributed by atoms with van der Waals surface area (Å²) in [6, 6.07) is 14.2. The summed E-state index contributed by atoms with van der Waals surface area (Å²) in [4.78, 5) is 6.92. The third kappa shape index (κ3) is 3.36. The highest BCUT2D eigenvalue weighted by Crippen LogP contribution is 2.50. The average Bonchev–Trinajstić information content (AvgIpc) is 3.58. The Morgan fingerprint density at radius 3 is 2.44 bits per heavy atom. The van der Waals surface area contributed by atoms with E-state index in [1.54, 1.807) is 12.5 Å². The molecule has 2 aliphatic rings. The number of pyridine rings is 1. The maximum Gasteiger partial charge on any atom is 0.178 e. The van der Waals surface area contributed by atoms with Crippen molar-refractivity contribution in [2.75, 3.05) is 0 Å². The fourth-order valence-electron chi connectivity index (χ4n) is 6.08. The summed E-state index contributed by atoms with van der Waals surface area (Å²) in [6.45, 7) is 4.17. The van der Waals surface area contributed by atoms with Crippen LogP contribution in [0.4, 0.5) is 0 Å². The minimum Gasteiger partial charge on any atom is -0.466 e. The molecule has 4 aromatic rings. The number of fused-ring (bicyclic) bond motifs is 2. The number of tetrazole rings is 1. The van der Waals surface area contributed by atoms with Gasteiger partial charge in [0.15, 0.2) is 5.82 Å². The molecule has 8 nitrogen and oxygen atoms in total. The molecule has 2 aliphatic heterocycles. The van der Waals surface area contributed by atoms with E-state index < -0.39 is 5.60 Å². The van der Waals surface area contributed by atoms with Crippen molar-refractivity contribution in [3.8, 4) is 5.69 Å². The molecule has 0 amide bonds. The third-order valence-electron chi connectivity index (χ3n) is 7.49. The Kier molecular flexibility index (Phi) is 5.08. The number of furan rings is 1. The molecular formula is C26H28N6O2. The fraction of sp³-hybridized carbons (Fsp3) is 0.385. The van der Waals surface area contributed by atoms with Gasteiger partial charge in [-0.3, -0.25) is 9.88 Å². The summed E-state index contributed by atoms with van der Waals surface area (Å²) in [5.74, 6) is 1.42. The first kappa shape index (κ1) is 21.2. The van der Waals surface area contributed by atoms with E-state index in [0.29, 0.717) is 18.6 Å². The lowest BCUT2D eigenvalue weighted by molar-refractivity contribution is -0.0791. The number of piperidine rings is 1.